The molecule has 0 saturated carbocycles. The number of azo groups is 1. The van der Waals surface area contributed by atoms with E-state index in [9.17, 15) is 5.26 Å². The van der Waals surface area contributed by atoms with Gasteiger partial charge in [0.2, 0.25) is 5.95 Å². The number of nitriles is 1. The summed E-state index contributed by atoms with van der Waals surface area (Å²) in [6.07, 6.45) is 4.55. The van der Waals surface area contributed by atoms with E-state index in [1.807, 2.05) is 32.0 Å². The molecule has 0 spiro atoms. The van der Waals surface area contributed by atoms with Crippen molar-refractivity contribution in [2.75, 3.05) is 31.4 Å². The fraction of sp³-hybridized carbons (Fsp3) is 0.250. The Labute approximate surface area is 155 Å². The molecule has 0 radical (unpaired) electrons. The van der Waals surface area contributed by atoms with Gasteiger partial charge in [0.05, 0.1) is 11.9 Å². The van der Waals surface area contributed by atoms with Crippen molar-refractivity contribution in [3.05, 3.63) is 35.9 Å². The Morgan fingerprint density at radius 2 is 1.93 bits per heavy atom. The number of nitrogens with zero attached hydrogens (tertiary/aromatic N) is 10. The van der Waals surface area contributed by atoms with Gasteiger partial charge in [-0.05, 0) is 13.0 Å². The van der Waals surface area contributed by atoms with Crippen molar-refractivity contribution in [2.24, 2.45) is 10.2 Å². The molecule has 0 fully saturated rings. The zero-order valence-electron chi connectivity index (χ0n) is 15.3. The summed E-state index contributed by atoms with van der Waals surface area (Å²) in [5, 5.41) is 25.0. The van der Waals surface area contributed by atoms with Crippen LogP contribution in [-0.4, -0.2) is 50.9 Å². The molecule has 3 heterocycles. The Morgan fingerprint density at radius 3 is 2.56 bits per heavy atom. The highest BCUT2D eigenvalue weighted by Gasteiger charge is 2.16. The van der Waals surface area contributed by atoms with Crippen molar-refractivity contribution in [3.63, 3.8) is 0 Å². The molecular formula is C16H17N11. The van der Waals surface area contributed by atoms with Gasteiger partial charge in [0.15, 0.2) is 11.6 Å². The maximum Gasteiger partial charge on any atom is 0.252 e. The number of rotatable bonds is 5. The summed E-state index contributed by atoms with van der Waals surface area (Å²) < 4.78 is 1.36. The molecule has 136 valence electrons. The first-order valence-corrected chi connectivity index (χ1v) is 7.96. The van der Waals surface area contributed by atoms with Crippen LogP contribution in [0, 0.1) is 18.3 Å². The molecule has 0 amide bonds. The van der Waals surface area contributed by atoms with Crippen molar-refractivity contribution in [1.82, 2.24) is 29.7 Å². The van der Waals surface area contributed by atoms with Crippen LogP contribution in [0.2, 0.25) is 0 Å². The van der Waals surface area contributed by atoms with Crippen LogP contribution in [0.4, 0.5) is 23.3 Å². The van der Waals surface area contributed by atoms with Gasteiger partial charge >= 0.3 is 0 Å². The Balaban J connectivity index is 2.10. The average molecular weight is 363 g/mol. The molecule has 0 aliphatic heterocycles. The van der Waals surface area contributed by atoms with Crippen LogP contribution in [0.5, 0.6) is 0 Å². The van der Waals surface area contributed by atoms with Gasteiger partial charge in [-0.2, -0.15) is 20.0 Å². The number of hydrogen-bond acceptors (Lipinski definition) is 10. The molecular weight excluding hydrogens is 346 g/mol. The SMILES string of the molecule is CNc1nc(C)c(N=Nc2c(C#N)cnn2-c2ncccn2)c(N(C)C)n1. The van der Waals surface area contributed by atoms with Gasteiger partial charge < -0.3 is 10.2 Å². The van der Waals surface area contributed by atoms with E-state index >= 15 is 0 Å². The summed E-state index contributed by atoms with van der Waals surface area (Å²) in [4.78, 5) is 18.8. The molecule has 3 aromatic rings. The predicted octanol–water partition coefficient (Wildman–Crippen LogP) is 2.16. The molecule has 27 heavy (non-hydrogen) atoms. The lowest BCUT2D eigenvalue weighted by Gasteiger charge is -2.15. The lowest BCUT2D eigenvalue weighted by molar-refractivity contribution is 0.802. The monoisotopic (exact) mass is 363 g/mol. The Bertz CT molecular complexity index is 1010. The van der Waals surface area contributed by atoms with Gasteiger partial charge in [0.25, 0.3) is 5.95 Å². The molecule has 0 unspecified atom stereocenters. The Hall–Kier alpha value is -3.94. The Morgan fingerprint density at radius 1 is 1.19 bits per heavy atom. The van der Waals surface area contributed by atoms with Crippen LogP contribution in [0.3, 0.4) is 0 Å². The summed E-state index contributed by atoms with van der Waals surface area (Å²) in [7, 11) is 5.44. The molecule has 1 N–H and O–H groups in total. The third-order valence-electron chi connectivity index (χ3n) is 3.54. The van der Waals surface area contributed by atoms with E-state index in [2.05, 4.69) is 40.6 Å². The van der Waals surface area contributed by atoms with E-state index in [1.54, 1.807) is 25.5 Å². The molecule has 0 aliphatic rings. The first-order valence-electron chi connectivity index (χ1n) is 7.96. The molecule has 0 atom stereocenters. The molecule has 0 aliphatic carbocycles. The van der Waals surface area contributed by atoms with E-state index in [4.69, 9.17) is 0 Å². The normalized spacial score (nSPS) is 10.8. The smallest absolute Gasteiger partial charge is 0.252 e. The standard InChI is InChI=1S/C16H17N11/c1-10-12(14(26(3)4)23-15(18-2)22-10)24-25-13-11(8-17)9-21-27(13)16-19-6-5-7-20-16/h5-7,9H,1-4H3,(H,18,22,23). The number of anilines is 2. The number of hydrogen-bond donors (Lipinski definition) is 1. The number of nitrogens with one attached hydrogen (secondary N) is 1. The highest BCUT2D eigenvalue weighted by Crippen LogP contribution is 2.32. The van der Waals surface area contributed by atoms with E-state index in [1.165, 1.54) is 10.9 Å². The van der Waals surface area contributed by atoms with Crippen LogP contribution in [0.15, 0.2) is 34.9 Å². The van der Waals surface area contributed by atoms with Crippen molar-refractivity contribution in [1.29, 1.82) is 5.26 Å². The van der Waals surface area contributed by atoms with E-state index in [-0.39, 0.29) is 11.4 Å². The summed E-state index contributed by atoms with van der Waals surface area (Å²) in [6, 6.07) is 3.74. The fourth-order valence-electron chi connectivity index (χ4n) is 2.25. The molecule has 0 bridgehead atoms. The van der Waals surface area contributed by atoms with E-state index in [0.717, 1.165) is 0 Å². The minimum absolute atomic E-state index is 0.227. The maximum absolute atomic E-state index is 9.35. The summed E-state index contributed by atoms with van der Waals surface area (Å²) in [5.74, 6) is 1.59. The first-order chi connectivity index (χ1) is 13.0. The second-order valence-corrected chi connectivity index (χ2v) is 5.60. The predicted molar refractivity (Wildman–Crippen MR) is 98.7 cm³/mol. The van der Waals surface area contributed by atoms with Crippen LogP contribution in [-0.2, 0) is 0 Å². The lowest BCUT2D eigenvalue weighted by Crippen LogP contribution is -2.13. The fourth-order valence-corrected chi connectivity index (χ4v) is 2.25. The second-order valence-electron chi connectivity index (χ2n) is 5.60. The topological polar surface area (TPSA) is 133 Å². The second kappa shape index (κ2) is 7.52. The first kappa shape index (κ1) is 17.9. The third-order valence-corrected chi connectivity index (χ3v) is 3.54. The average Bonchev–Trinajstić information content (AvgIpc) is 3.09. The van der Waals surface area contributed by atoms with E-state index < -0.39 is 0 Å². The summed E-state index contributed by atoms with van der Waals surface area (Å²) in [5.41, 5.74) is 1.38. The van der Waals surface area contributed by atoms with Crippen molar-refractivity contribution in [2.45, 2.75) is 6.92 Å². The molecule has 3 rings (SSSR count). The van der Waals surface area contributed by atoms with Crippen LogP contribution < -0.4 is 10.2 Å². The molecule has 11 nitrogen and oxygen atoms in total. The molecule has 3 aromatic heterocycles. The number of aromatic nitrogens is 6. The minimum Gasteiger partial charge on any atom is -0.361 e. The van der Waals surface area contributed by atoms with Crippen LogP contribution in [0.1, 0.15) is 11.3 Å². The van der Waals surface area contributed by atoms with Gasteiger partial charge in [0.1, 0.15) is 17.3 Å². The molecule has 11 heteroatoms. The zero-order valence-corrected chi connectivity index (χ0v) is 15.3. The van der Waals surface area contributed by atoms with Gasteiger partial charge in [-0.25, -0.2) is 15.0 Å². The van der Waals surface area contributed by atoms with Crippen LogP contribution >= 0.6 is 0 Å². The van der Waals surface area contributed by atoms with Crippen molar-refractivity contribution >= 4 is 23.3 Å². The highest BCUT2D eigenvalue weighted by molar-refractivity contribution is 5.65. The maximum atomic E-state index is 9.35. The Kier molecular flexibility index (Phi) is 4.98. The number of aryl methyl sites for hydroxylation is 1. The summed E-state index contributed by atoms with van der Waals surface area (Å²) in [6.45, 7) is 1.81. The van der Waals surface area contributed by atoms with Crippen molar-refractivity contribution < 1.29 is 0 Å². The summed E-state index contributed by atoms with van der Waals surface area (Å²) >= 11 is 0. The quantitative estimate of drug-likeness (QED) is 0.682. The highest BCUT2D eigenvalue weighted by atomic mass is 15.4. The van der Waals surface area contributed by atoms with Crippen molar-refractivity contribution in [3.8, 4) is 12.0 Å². The van der Waals surface area contributed by atoms with E-state index in [0.29, 0.717) is 29.1 Å². The minimum atomic E-state index is 0.227. The van der Waals surface area contributed by atoms with Gasteiger partial charge in [0, 0.05) is 33.5 Å². The largest absolute Gasteiger partial charge is 0.361 e. The third kappa shape index (κ3) is 3.54. The van der Waals surface area contributed by atoms with Gasteiger partial charge in [-0.1, -0.05) is 0 Å². The molecule has 0 aromatic carbocycles. The van der Waals surface area contributed by atoms with Gasteiger partial charge in [-0.15, -0.1) is 10.2 Å². The van der Waals surface area contributed by atoms with Gasteiger partial charge in [-0.3, -0.25) is 0 Å². The van der Waals surface area contributed by atoms with Crippen LogP contribution in [0.25, 0.3) is 5.95 Å². The zero-order chi connectivity index (χ0) is 19.4. The lowest BCUT2D eigenvalue weighted by atomic mass is 10.3. The molecule has 0 saturated heterocycles.